The topological polar surface area (TPSA) is 76.0 Å². The normalized spacial score (nSPS) is 10.2. The van der Waals surface area contributed by atoms with Gasteiger partial charge in [-0.25, -0.2) is 4.98 Å². The molecule has 0 aliphatic heterocycles. The van der Waals surface area contributed by atoms with E-state index in [0.717, 1.165) is 4.47 Å². The van der Waals surface area contributed by atoms with Gasteiger partial charge in [-0.3, -0.25) is 20.4 Å². The van der Waals surface area contributed by atoms with E-state index in [9.17, 15) is 9.59 Å². The summed E-state index contributed by atoms with van der Waals surface area (Å²) in [6.45, 7) is 0. The van der Waals surface area contributed by atoms with Crippen LogP contribution in [0.3, 0.4) is 0 Å². The van der Waals surface area contributed by atoms with Gasteiger partial charge in [-0.05, 0) is 34.1 Å². The van der Waals surface area contributed by atoms with Crippen LogP contribution in [0.15, 0.2) is 35.1 Å². The van der Waals surface area contributed by atoms with Crippen molar-refractivity contribution in [2.45, 2.75) is 0 Å². The molecule has 6 nitrogen and oxygen atoms in total. The summed E-state index contributed by atoms with van der Waals surface area (Å²) in [6.07, 6.45) is 3.06. The van der Waals surface area contributed by atoms with Crippen molar-refractivity contribution in [3.05, 3.63) is 51.5 Å². The Hall–Kier alpha value is -1.86. The Kier molecular flexibility index (Phi) is 4.41. The van der Waals surface area contributed by atoms with E-state index in [1.165, 1.54) is 18.3 Å². The SMILES string of the molecule is Cn1cc(Br)cc1C(=O)NNC(=O)c1ccc(Cl)nc1. The van der Waals surface area contributed by atoms with Crippen LogP contribution < -0.4 is 10.9 Å². The van der Waals surface area contributed by atoms with Crippen LogP contribution in [-0.2, 0) is 7.05 Å². The van der Waals surface area contributed by atoms with Crippen LogP contribution in [-0.4, -0.2) is 21.4 Å². The number of amides is 2. The molecule has 0 fully saturated rings. The Labute approximate surface area is 128 Å². The van der Waals surface area contributed by atoms with Gasteiger partial charge in [-0.2, -0.15) is 0 Å². The third-order valence-electron chi connectivity index (χ3n) is 2.48. The second-order valence-corrected chi connectivity index (χ2v) is 5.24. The molecule has 0 saturated heterocycles. The zero-order valence-corrected chi connectivity index (χ0v) is 12.7. The number of pyridine rings is 1. The number of hydrogen-bond acceptors (Lipinski definition) is 3. The van der Waals surface area contributed by atoms with Gasteiger partial charge in [-0.15, -0.1) is 0 Å². The Bertz CT molecular complexity index is 654. The van der Waals surface area contributed by atoms with Crippen LogP contribution in [0, 0.1) is 0 Å². The van der Waals surface area contributed by atoms with Crippen molar-refractivity contribution >= 4 is 39.3 Å². The highest BCUT2D eigenvalue weighted by molar-refractivity contribution is 9.10. The number of carbonyl (C=O) groups is 2. The lowest BCUT2D eigenvalue weighted by Crippen LogP contribution is -2.42. The maximum absolute atomic E-state index is 11.9. The fourth-order valence-electron chi connectivity index (χ4n) is 1.51. The third kappa shape index (κ3) is 3.37. The maximum atomic E-state index is 11.9. The second-order valence-electron chi connectivity index (χ2n) is 3.93. The van der Waals surface area contributed by atoms with Crippen molar-refractivity contribution in [2.75, 3.05) is 0 Å². The Morgan fingerprint density at radius 2 is 2.00 bits per heavy atom. The van der Waals surface area contributed by atoms with Crippen molar-refractivity contribution in [3.8, 4) is 0 Å². The van der Waals surface area contributed by atoms with Crippen LogP contribution in [0.2, 0.25) is 5.15 Å². The van der Waals surface area contributed by atoms with E-state index in [4.69, 9.17) is 11.6 Å². The maximum Gasteiger partial charge on any atom is 0.286 e. The number of carbonyl (C=O) groups excluding carboxylic acids is 2. The van der Waals surface area contributed by atoms with Crippen LogP contribution >= 0.6 is 27.5 Å². The molecule has 2 N–H and O–H groups in total. The van der Waals surface area contributed by atoms with E-state index in [2.05, 4.69) is 31.8 Å². The summed E-state index contributed by atoms with van der Waals surface area (Å²) in [4.78, 5) is 27.4. The van der Waals surface area contributed by atoms with E-state index in [-0.39, 0.29) is 0 Å². The van der Waals surface area contributed by atoms with Crippen molar-refractivity contribution in [3.63, 3.8) is 0 Å². The second kappa shape index (κ2) is 6.06. The first-order valence-corrected chi connectivity index (χ1v) is 6.68. The lowest BCUT2D eigenvalue weighted by Gasteiger charge is -2.07. The summed E-state index contributed by atoms with van der Waals surface area (Å²) in [7, 11) is 1.73. The Morgan fingerprint density at radius 1 is 1.30 bits per heavy atom. The number of nitrogens with zero attached hydrogens (tertiary/aromatic N) is 2. The molecule has 8 heteroatoms. The highest BCUT2D eigenvalue weighted by atomic mass is 79.9. The molecule has 0 atom stereocenters. The van der Waals surface area contributed by atoms with E-state index >= 15 is 0 Å². The summed E-state index contributed by atoms with van der Waals surface area (Å²) in [6, 6.07) is 4.65. The molecule has 2 aromatic rings. The molecule has 0 spiro atoms. The third-order valence-corrected chi connectivity index (χ3v) is 3.14. The lowest BCUT2D eigenvalue weighted by molar-refractivity contribution is 0.0842. The average molecular weight is 358 g/mol. The fourth-order valence-corrected chi connectivity index (χ4v) is 2.15. The van der Waals surface area contributed by atoms with E-state index in [1.54, 1.807) is 23.9 Å². The van der Waals surface area contributed by atoms with Gasteiger partial charge < -0.3 is 4.57 Å². The standard InChI is InChI=1S/C12H10BrClN4O2/c1-18-6-8(13)4-9(18)12(20)17-16-11(19)7-2-3-10(14)15-5-7/h2-6H,1H3,(H,16,19)(H,17,20). The van der Waals surface area contributed by atoms with Gasteiger partial charge in [-0.1, -0.05) is 11.6 Å². The van der Waals surface area contributed by atoms with E-state index < -0.39 is 11.8 Å². The summed E-state index contributed by atoms with van der Waals surface area (Å²) >= 11 is 8.89. The lowest BCUT2D eigenvalue weighted by atomic mass is 10.3. The first-order valence-electron chi connectivity index (χ1n) is 5.51. The van der Waals surface area contributed by atoms with Crippen molar-refractivity contribution in [2.24, 2.45) is 7.05 Å². The minimum absolute atomic E-state index is 0.291. The molecular formula is C12H10BrClN4O2. The first kappa shape index (κ1) is 14.5. The number of rotatable bonds is 2. The molecule has 2 rings (SSSR count). The Balaban J connectivity index is 1.98. The summed E-state index contributed by atoms with van der Waals surface area (Å²) in [5.41, 5.74) is 5.33. The zero-order chi connectivity index (χ0) is 14.7. The van der Waals surface area contributed by atoms with Crippen LogP contribution in [0.4, 0.5) is 0 Å². The monoisotopic (exact) mass is 356 g/mol. The van der Waals surface area contributed by atoms with Gasteiger partial charge in [0.1, 0.15) is 10.8 Å². The van der Waals surface area contributed by atoms with Gasteiger partial charge in [0.2, 0.25) is 0 Å². The average Bonchev–Trinajstić information content (AvgIpc) is 2.75. The summed E-state index contributed by atoms with van der Waals surface area (Å²) < 4.78 is 2.41. The van der Waals surface area contributed by atoms with Crippen LogP contribution in [0.1, 0.15) is 20.8 Å². The van der Waals surface area contributed by atoms with Gasteiger partial charge >= 0.3 is 0 Å². The van der Waals surface area contributed by atoms with Crippen LogP contribution in [0.25, 0.3) is 0 Å². The molecule has 2 heterocycles. The Morgan fingerprint density at radius 3 is 2.55 bits per heavy atom. The molecule has 0 radical (unpaired) electrons. The van der Waals surface area contributed by atoms with Gasteiger partial charge in [0.15, 0.2) is 0 Å². The largest absolute Gasteiger partial charge is 0.345 e. The molecule has 0 aromatic carbocycles. The quantitative estimate of drug-likeness (QED) is 0.637. The highest BCUT2D eigenvalue weighted by Crippen LogP contribution is 2.13. The van der Waals surface area contributed by atoms with Crippen LogP contribution in [0.5, 0.6) is 0 Å². The van der Waals surface area contributed by atoms with E-state index in [0.29, 0.717) is 16.4 Å². The van der Waals surface area contributed by atoms with Gasteiger partial charge in [0.25, 0.3) is 11.8 Å². The first-order chi connectivity index (χ1) is 9.47. The summed E-state index contributed by atoms with van der Waals surface area (Å²) in [5, 5.41) is 0.291. The smallest absolute Gasteiger partial charge is 0.286 e. The molecule has 0 bridgehead atoms. The molecule has 2 amide bonds. The molecule has 104 valence electrons. The van der Waals surface area contributed by atoms with Crippen molar-refractivity contribution < 1.29 is 9.59 Å². The van der Waals surface area contributed by atoms with Gasteiger partial charge in [0, 0.05) is 23.9 Å². The van der Waals surface area contributed by atoms with Gasteiger partial charge in [0.05, 0.1) is 5.56 Å². The molecule has 0 saturated carbocycles. The molecule has 20 heavy (non-hydrogen) atoms. The molecule has 0 aliphatic rings. The molecule has 0 aliphatic carbocycles. The molecular weight excluding hydrogens is 348 g/mol. The minimum atomic E-state index is -0.476. The summed E-state index contributed by atoms with van der Waals surface area (Å²) in [5.74, 6) is -0.899. The number of nitrogens with one attached hydrogen (secondary N) is 2. The molecule has 2 aromatic heterocycles. The minimum Gasteiger partial charge on any atom is -0.345 e. The molecule has 0 unspecified atom stereocenters. The van der Waals surface area contributed by atoms with Crippen molar-refractivity contribution in [1.29, 1.82) is 0 Å². The van der Waals surface area contributed by atoms with Crippen molar-refractivity contribution in [1.82, 2.24) is 20.4 Å². The number of aromatic nitrogens is 2. The predicted molar refractivity (Wildman–Crippen MR) is 77.3 cm³/mol. The number of hydrazine groups is 1. The van der Waals surface area contributed by atoms with E-state index in [1.807, 2.05) is 0 Å². The highest BCUT2D eigenvalue weighted by Gasteiger charge is 2.12. The zero-order valence-electron chi connectivity index (χ0n) is 10.4. The number of halogens is 2. The number of hydrogen-bond donors (Lipinski definition) is 2. The number of aryl methyl sites for hydroxylation is 1. The predicted octanol–water partition coefficient (Wildman–Crippen LogP) is 1.91. The fraction of sp³-hybridized carbons (Fsp3) is 0.0833.